The molecule has 2 N–H and O–H groups in total. The normalized spacial score (nSPS) is 12.4. The molecule has 2 amide bonds. The van der Waals surface area contributed by atoms with Gasteiger partial charge in [-0.3, -0.25) is 9.59 Å². The summed E-state index contributed by atoms with van der Waals surface area (Å²) in [6.07, 6.45) is 3.92. The fourth-order valence-corrected chi connectivity index (χ4v) is 2.94. The van der Waals surface area contributed by atoms with Crippen molar-refractivity contribution in [1.82, 2.24) is 5.43 Å². The summed E-state index contributed by atoms with van der Waals surface area (Å²) in [7, 11) is 0. The Labute approximate surface area is 153 Å². The minimum atomic E-state index is -0.252. The first kappa shape index (κ1) is 17.9. The Bertz CT molecular complexity index is 798. The quantitative estimate of drug-likeness (QED) is 0.781. The van der Waals surface area contributed by atoms with Gasteiger partial charge in [-0.25, -0.2) is 5.43 Å². The van der Waals surface area contributed by atoms with Crippen LogP contribution < -0.4 is 10.7 Å². The van der Waals surface area contributed by atoms with Crippen molar-refractivity contribution in [2.24, 2.45) is 5.10 Å². The number of hydrogen-bond acceptors (Lipinski definition) is 3. The topological polar surface area (TPSA) is 70.6 Å². The number of anilines is 1. The van der Waals surface area contributed by atoms with E-state index in [0.29, 0.717) is 17.7 Å². The zero-order chi connectivity index (χ0) is 18.4. The van der Waals surface area contributed by atoms with E-state index < -0.39 is 0 Å². The van der Waals surface area contributed by atoms with Gasteiger partial charge in [-0.2, -0.15) is 5.10 Å². The lowest BCUT2D eigenvalue weighted by atomic mass is 10.1. The average molecular weight is 349 g/mol. The maximum Gasteiger partial charge on any atom is 0.271 e. The second-order valence-corrected chi connectivity index (χ2v) is 6.47. The lowest BCUT2D eigenvalue weighted by Gasteiger charge is -2.06. The average Bonchev–Trinajstić information content (AvgIpc) is 3.08. The molecule has 134 valence electrons. The van der Waals surface area contributed by atoms with Crippen LogP contribution in [-0.4, -0.2) is 17.5 Å². The van der Waals surface area contributed by atoms with Gasteiger partial charge in [0.05, 0.1) is 0 Å². The Balaban J connectivity index is 1.54. The summed E-state index contributed by atoms with van der Waals surface area (Å²) < 4.78 is 0. The van der Waals surface area contributed by atoms with Gasteiger partial charge < -0.3 is 5.32 Å². The minimum absolute atomic E-state index is 0.00347. The summed E-state index contributed by atoms with van der Waals surface area (Å²) in [6, 6.07) is 15.1. The van der Waals surface area contributed by atoms with Crippen LogP contribution in [0.2, 0.25) is 0 Å². The van der Waals surface area contributed by atoms with E-state index in [-0.39, 0.29) is 11.8 Å². The molecule has 0 unspecified atom stereocenters. The Morgan fingerprint density at radius 3 is 2.27 bits per heavy atom. The maximum atomic E-state index is 12.2. The molecule has 0 aromatic heterocycles. The molecule has 0 bridgehead atoms. The van der Waals surface area contributed by atoms with Crippen molar-refractivity contribution in [3.8, 4) is 0 Å². The number of benzene rings is 2. The Morgan fingerprint density at radius 1 is 1.00 bits per heavy atom. The zero-order valence-corrected chi connectivity index (χ0v) is 14.9. The number of unbranched alkanes of at least 4 members (excludes halogenated alkanes) is 1. The fourth-order valence-electron chi connectivity index (χ4n) is 2.94. The summed E-state index contributed by atoms with van der Waals surface area (Å²) in [5, 5.41) is 7.10. The van der Waals surface area contributed by atoms with Gasteiger partial charge in [0, 0.05) is 36.2 Å². The van der Waals surface area contributed by atoms with Crippen LogP contribution in [0.4, 0.5) is 5.69 Å². The van der Waals surface area contributed by atoms with E-state index in [0.717, 1.165) is 31.4 Å². The molecule has 0 radical (unpaired) electrons. The molecule has 0 saturated carbocycles. The van der Waals surface area contributed by atoms with Crippen molar-refractivity contribution in [3.63, 3.8) is 0 Å². The van der Waals surface area contributed by atoms with Gasteiger partial charge in [0.2, 0.25) is 5.91 Å². The molecular formula is C21H23N3O2. The van der Waals surface area contributed by atoms with Crippen LogP contribution in [0.5, 0.6) is 0 Å². The molecule has 5 nitrogen and oxygen atoms in total. The molecule has 26 heavy (non-hydrogen) atoms. The molecule has 3 rings (SSSR count). The van der Waals surface area contributed by atoms with E-state index in [1.54, 1.807) is 24.3 Å². The molecule has 2 aromatic rings. The number of nitrogens with one attached hydrogen (secondary N) is 2. The van der Waals surface area contributed by atoms with Crippen LogP contribution in [0.1, 0.15) is 47.7 Å². The molecule has 1 aliphatic carbocycles. The third kappa shape index (κ3) is 4.57. The molecule has 0 heterocycles. The van der Waals surface area contributed by atoms with E-state index >= 15 is 0 Å². The molecule has 0 aliphatic heterocycles. The maximum absolute atomic E-state index is 12.2. The van der Waals surface area contributed by atoms with Crippen LogP contribution in [0.25, 0.3) is 0 Å². The van der Waals surface area contributed by atoms with Gasteiger partial charge in [-0.05, 0) is 41.8 Å². The van der Waals surface area contributed by atoms with Gasteiger partial charge in [-0.1, -0.05) is 37.6 Å². The van der Waals surface area contributed by atoms with E-state index in [1.807, 2.05) is 19.1 Å². The van der Waals surface area contributed by atoms with Crippen LogP contribution in [0, 0.1) is 0 Å². The highest BCUT2D eigenvalue weighted by atomic mass is 16.2. The number of carbonyl (C=O) groups is 2. The van der Waals surface area contributed by atoms with Crippen LogP contribution >= 0.6 is 0 Å². The van der Waals surface area contributed by atoms with Crippen molar-refractivity contribution >= 4 is 23.2 Å². The van der Waals surface area contributed by atoms with Gasteiger partial charge in [0.25, 0.3) is 5.91 Å². The van der Waals surface area contributed by atoms with Crippen molar-refractivity contribution in [2.45, 2.75) is 39.0 Å². The number of amides is 2. The smallest absolute Gasteiger partial charge is 0.271 e. The van der Waals surface area contributed by atoms with Crippen molar-refractivity contribution < 1.29 is 9.59 Å². The number of carbonyl (C=O) groups excluding carboxylic acids is 2. The Kier molecular flexibility index (Phi) is 5.79. The SMILES string of the molecule is CCCCC(=O)Nc1ccc(C(=O)NN=C2Cc3ccccc3C2)cc1. The molecule has 1 aliphatic rings. The summed E-state index contributed by atoms with van der Waals surface area (Å²) in [5.74, 6) is -0.256. The number of hydrazone groups is 1. The molecule has 5 heteroatoms. The highest BCUT2D eigenvalue weighted by Gasteiger charge is 2.16. The highest BCUT2D eigenvalue weighted by molar-refractivity contribution is 5.98. The number of fused-ring (bicyclic) bond motifs is 1. The number of hydrogen-bond donors (Lipinski definition) is 2. The molecule has 0 atom stereocenters. The summed E-state index contributed by atoms with van der Waals surface area (Å²) in [5.41, 5.74) is 7.32. The lowest BCUT2D eigenvalue weighted by molar-refractivity contribution is -0.116. The largest absolute Gasteiger partial charge is 0.326 e. The summed E-state index contributed by atoms with van der Waals surface area (Å²) in [6.45, 7) is 2.05. The predicted molar refractivity (Wildman–Crippen MR) is 103 cm³/mol. The van der Waals surface area contributed by atoms with E-state index in [1.165, 1.54) is 11.1 Å². The van der Waals surface area contributed by atoms with Gasteiger partial charge in [-0.15, -0.1) is 0 Å². The second kappa shape index (κ2) is 8.43. The van der Waals surface area contributed by atoms with Gasteiger partial charge >= 0.3 is 0 Å². The highest BCUT2D eigenvalue weighted by Crippen LogP contribution is 2.19. The van der Waals surface area contributed by atoms with Crippen LogP contribution in [0.3, 0.4) is 0 Å². The molecule has 0 spiro atoms. The molecule has 0 fully saturated rings. The molecule has 0 saturated heterocycles. The van der Waals surface area contributed by atoms with E-state index in [4.69, 9.17) is 0 Å². The number of rotatable bonds is 6. The first-order valence-corrected chi connectivity index (χ1v) is 8.98. The minimum Gasteiger partial charge on any atom is -0.326 e. The second-order valence-electron chi connectivity index (χ2n) is 6.47. The molecular weight excluding hydrogens is 326 g/mol. The van der Waals surface area contributed by atoms with E-state index in [2.05, 4.69) is 28.0 Å². The first-order valence-electron chi connectivity index (χ1n) is 8.98. The van der Waals surface area contributed by atoms with Gasteiger partial charge in [0.1, 0.15) is 0 Å². The Morgan fingerprint density at radius 2 is 1.65 bits per heavy atom. The van der Waals surface area contributed by atoms with Crippen LogP contribution in [0.15, 0.2) is 53.6 Å². The zero-order valence-electron chi connectivity index (χ0n) is 14.9. The summed E-state index contributed by atoms with van der Waals surface area (Å²) >= 11 is 0. The Hall–Kier alpha value is -2.95. The third-order valence-corrected chi connectivity index (χ3v) is 4.41. The predicted octanol–water partition coefficient (Wildman–Crippen LogP) is 3.70. The standard InChI is InChI=1S/C21H23N3O2/c1-2-3-8-20(25)22-18-11-9-15(10-12-18)21(26)24-23-19-13-16-6-4-5-7-17(16)14-19/h4-7,9-12H,2-3,8,13-14H2,1H3,(H,22,25)(H,24,26). The lowest BCUT2D eigenvalue weighted by Crippen LogP contribution is -2.20. The third-order valence-electron chi connectivity index (χ3n) is 4.41. The summed E-state index contributed by atoms with van der Waals surface area (Å²) in [4.78, 5) is 24.0. The van der Waals surface area contributed by atoms with Crippen LogP contribution in [-0.2, 0) is 17.6 Å². The first-order chi connectivity index (χ1) is 12.7. The van der Waals surface area contributed by atoms with E-state index in [9.17, 15) is 9.59 Å². The van der Waals surface area contributed by atoms with Crippen molar-refractivity contribution in [3.05, 3.63) is 65.2 Å². The number of nitrogens with zero attached hydrogens (tertiary/aromatic N) is 1. The van der Waals surface area contributed by atoms with Crippen molar-refractivity contribution in [2.75, 3.05) is 5.32 Å². The monoisotopic (exact) mass is 349 g/mol. The fraction of sp³-hybridized carbons (Fsp3) is 0.286. The molecule has 2 aromatic carbocycles. The van der Waals surface area contributed by atoms with Gasteiger partial charge in [0.15, 0.2) is 0 Å². The van der Waals surface area contributed by atoms with Crippen molar-refractivity contribution in [1.29, 1.82) is 0 Å².